The van der Waals surface area contributed by atoms with E-state index in [2.05, 4.69) is 51.8 Å². The van der Waals surface area contributed by atoms with E-state index in [1.807, 2.05) is 60.7 Å². The molecule has 0 aromatic carbocycles. The van der Waals surface area contributed by atoms with Gasteiger partial charge in [0, 0.05) is 11.0 Å². The number of rotatable bonds is 0. The second-order valence-corrected chi connectivity index (χ2v) is 7.70. The molecular weight excluding hydrogens is 456 g/mol. The number of H-pyrrole nitrogens is 2. The Kier molecular flexibility index (Phi) is 3.69. The molecule has 5 heterocycles. The summed E-state index contributed by atoms with van der Waals surface area (Å²) in [6.45, 7) is 0. The molecule has 4 nitrogen and oxygen atoms in total. The fourth-order valence-electron chi connectivity index (χ4n) is 3.01. The molecule has 0 saturated carbocycles. The first-order valence-electron chi connectivity index (χ1n) is 8.06. The molecule has 2 aliphatic heterocycles. The molecular formula is C20H12Br2N4. The van der Waals surface area contributed by atoms with Gasteiger partial charge in [-0.25, -0.2) is 9.97 Å². The minimum atomic E-state index is 0.899. The van der Waals surface area contributed by atoms with Crippen molar-refractivity contribution in [1.29, 1.82) is 0 Å². The van der Waals surface area contributed by atoms with E-state index in [0.717, 1.165) is 53.8 Å². The summed E-state index contributed by atoms with van der Waals surface area (Å²) in [6.07, 6.45) is 8.04. The lowest BCUT2D eigenvalue weighted by molar-refractivity contribution is 1.31. The van der Waals surface area contributed by atoms with Crippen LogP contribution in [0.2, 0.25) is 0 Å². The van der Waals surface area contributed by atoms with Gasteiger partial charge in [0.05, 0.1) is 42.8 Å². The van der Waals surface area contributed by atoms with Crippen LogP contribution >= 0.6 is 31.9 Å². The molecule has 26 heavy (non-hydrogen) atoms. The number of hydrogen-bond acceptors (Lipinski definition) is 2. The second-order valence-electron chi connectivity index (χ2n) is 6.12. The molecule has 8 bridgehead atoms. The van der Waals surface area contributed by atoms with Gasteiger partial charge in [0.2, 0.25) is 0 Å². The van der Waals surface area contributed by atoms with Crippen LogP contribution in [0.15, 0.2) is 45.3 Å². The normalized spacial score (nSPS) is 12.7. The first-order chi connectivity index (χ1) is 12.6. The van der Waals surface area contributed by atoms with Gasteiger partial charge in [-0.05, 0) is 92.6 Å². The Labute approximate surface area is 166 Å². The number of halogens is 2. The molecule has 6 heteroatoms. The minimum Gasteiger partial charge on any atom is -0.355 e. The average molecular weight is 468 g/mol. The van der Waals surface area contributed by atoms with E-state index in [-0.39, 0.29) is 0 Å². The van der Waals surface area contributed by atoms with Crippen LogP contribution in [0.5, 0.6) is 0 Å². The SMILES string of the molecule is Brc1c(Br)c2cc3nc(cc4ccc(cc5nc(cc1[nH]2)C=C5)[nH]4)C=C3. The van der Waals surface area contributed by atoms with Crippen molar-refractivity contribution in [2.24, 2.45) is 0 Å². The van der Waals surface area contributed by atoms with Gasteiger partial charge in [-0.1, -0.05) is 0 Å². The number of aromatic nitrogens is 4. The van der Waals surface area contributed by atoms with Gasteiger partial charge in [-0.2, -0.15) is 0 Å². The Morgan fingerprint density at radius 2 is 1.00 bits per heavy atom. The summed E-state index contributed by atoms with van der Waals surface area (Å²) in [5.41, 5.74) is 7.57. The van der Waals surface area contributed by atoms with E-state index in [4.69, 9.17) is 0 Å². The predicted octanol–water partition coefficient (Wildman–Crippen LogP) is 6.18. The molecule has 0 unspecified atom stereocenters. The Balaban J connectivity index is 1.89. The zero-order valence-electron chi connectivity index (χ0n) is 13.4. The van der Waals surface area contributed by atoms with E-state index in [1.165, 1.54) is 0 Å². The van der Waals surface area contributed by atoms with Crippen molar-refractivity contribution >= 4 is 78.2 Å². The summed E-state index contributed by atoms with van der Waals surface area (Å²) in [5.74, 6) is 0. The van der Waals surface area contributed by atoms with Gasteiger partial charge in [0.1, 0.15) is 0 Å². The average Bonchev–Trinajstić information content (AvgIpc) is 3.38. The third kappa shape index (κ3) is 2.85. The molecule has 0 radical (unpaired) electrons. The number of aromatic amines is 2. The van der Waals surface area contributed by atoms with Gasteiger partial charge >= 0.3 is 0 Å². The number of fused-ring (bicyclic) bond motifs is 8. The van der Waals surface area contributed by atoms with Crippen LogP contribution in [-0.2, 0) is 0 Å². The lowest BCUT2D eigenvalue weighted by Crippen LogP contribution is -1.75. The van der Waals surface area contributed by atoms with Crippen LogP contribution in [-0.4, -0.2) is 19.9 Å². The van der Waals surface area contributed by atoms with Gasteiger partial charge < -0.3 is 9.97 Å². The number of hydrogen-bond donors (Lipinski definition) is 2. The Morgan fingerprint density at radius 3 is 1.46 bits per heavy atom. The first-order valence-corrected chi connectivity index (χ1v) is 9.65. The van der Waals surface area contributed by atoms with Crippen LogP contribution in [0.1, 0.15) is 22.8 Å². The summed E-state index contributed by atoms with van der Waals surface area (Å²) < 4.78 is 1.93. The lowest BCUT2D eigenvalue weighted by atomic mass is 10.3. The monoisotopic (exact) mass is 466 g/mol. The van der Waals surface area contributed by atoms with Crippen LogP contribution in [0, 0.1) is 0 Å². The van der Waals surface area contributed by atoms with Gasteiger partial charge in [-0.3, -0.25) is 0 Å². The van der Waals surface area contributed by atoms with E-state index in [0.29, 0.717) is 0 Å². The first kappa shape index (κ1) is 15.8. The van der Waals surface area contributed by atoms with Crippen LogP contribution in [0.4, 0.5) is 0 Å². The maximum Gasteiger partial charge on any atom is 0.0658 e. The fourth-order valence-corrected chi connectivity index (χ4v) is 3.87. The van der Waals surface area contributed by atoms with Crippen molar-refractivity contribution in [2.45, 2.75) is 0 Å². The highest BCUT2D eigenvalue weighted by Gasteiger charge is 2.08. The van der Waals surface area contributed by atoms with Crippen LogP contribution in [0.25, 0.3) is 46.4 Å². The highest BCUT2D eigenvalue weighted by atomic mass is 79.9. The molecule has 0 saturated heterocycles. The largest absolute Gasteiger partial charge is 0.355 e. The Hall–Kier alpha value is -2.44. The van der Waals surface area contributed by atoms with Crippen molar-refractivity contribution in [2.75, 3.05) is 0 Å². The van der Waals surface area contributed by atoms with Crippen molar-refractivity contribution < 1.29 is 0 Å². The summed E-state index contributed by atoms with van der Waals surface area (Å²) in [6, 6.07) is 12.2. The third-order valence-electron chi connectivity index (χ3n) is 4.22. The zero-order valence-corrected chi connectivity index (χ0v) is 16.6. The number of nitrogens with zero attached hydrogens (tertiary/aromatic N) is 2. The lowest BCUT2D eigenvalue weighted by Gasteiger charge is -1.86. The zero-order chi connectivity index (χ0) is 17.7. The molecule has 0 spiro atoms. The van der Waals surface area contributed by atoms with E-state index in [9.17, 15) is 0 Å². The Bertz CT molecular complexity index is 1170. The van der Waals surface area contributed by atoms with Gasteiger partial charge in [0.15, 0.2) is 0 Å². The standard InChI is InChI=1S/C20H12Br2N4/c21-19-17-9-15-5-3-13(24-15)7-11-1-2-12(23-11)8-14-4-6-16(25-14)10-18(26-17)20(19)22/h1-10,23,26H. The molecule has 0 fully saturated rings. The summed E-state index contributed by atoms with van der Waals surface area (Å²) >= 11 is 7.29. The van der Waals surface area contributed by atoms with Crippen molar-refractivity contribution in [3.63, 3.8) is 0 Å². The summed E-state index contributed by atoms with van der Waals surface area (Å²) in [4.78, 5) is 16.1. The molecule has 0 atom stereocenters. The molecule has 0 amide bonds. The second kappa shape index (κ2) is 6.07. The van der Waals surface area contributed by atoms with E-state index in [1.54, 1.807) is 0 Å². The maximum absolute atomic E-state index is 4.67. The molecule has 3 aromatic heterocycles. The van der Waals surface area contributed by atoms with Crippen molar-refractivity contribution in [1.82, 2.24) is 19.9 Å². The predicted molar refractivity (Wildman–Crippen MR) is 114 cm³/mol. The highest BCUT2D eigenvalue weighted by molar-refractivity contribution is 9.13. The van der Waals surface area contributed by atoms with Crippen molar-refractivity contribution in [3.8, 4) is 0 Å². The molecule has 2 aliphatic rings. The maximum atomic E-state index is 4.67. The van der Waals surface area contributed by atoms with Crippen LogP contribution in [0.3, 0.4) is 0 Å². The molecule has 126 valence electrons. The molecule has 0 aliphatic carbocycles. The summed E-state index contributed by atoms with van der Waals surface area (Å²) in [5, 5.41) is 0. The quantitative estimate of drug-likeness (QED) is 0.285. The van der Waals surface area contributed by atoms with E-state index >= 15 is 0 Å². The smallest absolute Gasteiger partial charge is 0.0658 e. The minimum absolute atomic E-state index is 0.899. The number of nitrogens with one attached hydrogen (secondary N) is 2. The van der Waals surface area contributed by atoms with Crippen LogP contribution < -0.4 is 0 Å². The topological polar surface area (TPSA) is 57.4 Å². The van der Waals surface area contributed by atoms with Gasteiger partial charge in [-0.15, -0.1) is 0 Å². The van der Waals surface area contributed by atoms with E-state index < -0.39 is 0 Å². The molecule has 5 rings (SSSR count). The highest BCUT2D eigenvalue weighted by Crippen LogP contribution is 2.32. The van der Waals surface area contributed by atoms with Gasteiger partial charge in [0.25, 0.3) is 0 Å². The Morgan fingerprint density at radius 1 is 0.577 bits per heavy atom. The van der Waals surface area contributed by atoms with Crippen molar-refractivity contribution in [3.05, 3.63) is 68.1 Å². The molecule has 3 aromatic rings. The third-order valence-corrected chi connectivity index (χ3v) is 6.40. The molecule has 2 N–H and O–H groups in total. The summed E-state index contributed by atoms with van der Waals surface area (Å²) in [7, 11) is 0. The fraction of sp³-hybridized carbons (Fsp3) is 0.